The Labute approximate surface area is 241 Å². The molecule has 0 aliphatic heterocycles. The van der Waals surface area contributed by atoms with Crippen LogP contribution in [0.2, 0.25) is 0 Å². The monoisotopic (exact) mass is 540 g/mol. The van der Waals surface area contributed by atoms with Crippen molar-refractivity contribution in [3.05, 3.63) is 166 Å². The second-order valence-corrected chi connectivity index (χ2v) is 9.59. The van der Waals surface area contributed by atoms with Crippen LogP contribution in [0.15, 0.2) is 127 Å². The van der Waals surface area contributed by atoms with E-state index in [9.17, 15) is 5.11 Å². The fraction of sp³-hybridized carbons (Fsp3) is 0.135. The number of rotatable bonds is 9. The van der Waals surface area contributed by atoms with Crippen LogP contribution in [0.5, 0.6) is 11.5 Å². The minimum Gasteiger partial charge on any atom is -0.497 e. The molecule has 0 saturated carbocycles. The van der Waals surface area contributed by atoms with Gasteiger partial charge in [0.1, 0.15) is 17.1 Å². The smallest absolute Gasteiger partial charge is 0.144 e. The van der Waals surface area contributed by atoms with Crippen molar-refractivity contribution < 1.29 is 19.3 Å². The van der Waals surface area contributed by atoms with Gasteiger partial charge in [0.15, 0.2) is 0 Å². The van der Waals surface area contributed by atoms with Crippen LogP contribution >= 0.6 is 0 Å². The summed E-state index contributed by atoms with van der Waals surface area (Å²) < 4.78 is 17.9. The van der Waals surface area contributed by atoms with Crippen molar-refractivity contribution in [3.8, 4) is 23.3 Å². The topological polar surface area (TPSA) is 47.9 Å². The highest BCUT2D eigenvalue weighted by atomic mass is 16.5. The molecule has 1 N–H and O–H groups in total. The summed E-state index contributed by atoms with van der Waals surface area (Å²) in [5, 5.41) is 9.24. The maximum atomic E-state index is 9.24. The molecular weight excluding hydrogens is 508 g/mol. The fourth-order valence-electron chi connectivity index (χ4n) is 4.79. The van der Waals surface area contributed by atoms with E-state index in [1.54, 1.807) is 14.2 Å². The molecule has 4 heteroatoms. The first-order valence-corrected chi connectivity index (χ1v) is 13.4. The molecule has 0 saturated heterocycles. The zero-order chi connectivity index (χ0) is 28.5. The minimum atomic E-state index is -0.876. The molecule has 0 amide bonds. The van der Waals surface area contributed by atoms with Crippen LogP contribution in [0.4, 0.5) is 0 Å². The fourth-order valence-corrected chi connectivity index (χ4v) is 4.79. The molecule has 0 fully saturated rings. The highest BCUT2D eigenvalue weighted by Crippen LogP contribution is 2.42. The zero-order valence-corrected chi connectivity index (χ0v) is 23.2. The maximum absolute atomic E-state index is 9.24. The summed E-state index contributed by atoms with van der Waals surface area (Å²) in [6.45, 7) is 0.406. The zero-order valence-electron chi connectivity index (χ0n) is 23.2. The Bertz CT molecular complexity index is 1550. The predicted octanol–water partition coefficient (Wildman–Crippen LogP) is 7.10. The molecule has 0 heterocycles. The lowest BCUT2D eigenvalue weighted by molar-refractivity contribution is 0.000193. The highest BCUT2D eigenvalue weighted by Gasteiger charge is 2.37. The predicted molar refractivity (Wildman–Crippen MR) is 162 cm³/mol. The Morgan fingerprint density at radius 1 is 0.537 bits per heavy atom. The van der Waals surface area contributed by atoms with Crippen LogP contribution in [0.25, 0.3) is 0 Å². The first-order valence-electron chi connectivity index (χ1n) is 13.4. The molecule has 204 valence electrons. The Kier molecular flexibility index (Phi) is 8.81. The molecule has 5 rings (SSSR count). The van der Waals surface area contributed by atoms with E-state index in [-0.39, 0.29) is 6.61 Å². The summed E-state index contributed by atoms with van der Waals surface area (Å²) in [6.07, 6.45) is 0. The summed E-state index contributed by atoms with van der Waals surface area (Å²) in [5.74, 6) is 7.98. The molecule has 0 radical (unpaired) electrons. The second-order valence-electron chi connectivity index (χ2n) is 9.59. The lowest BCUT2D eigenvalue weighted by Gasteiger charge is -2.36. The van der Waals surface area contributed by atoms with Crippen molar-refractivity contribution in [2.75, 3.05) is 14.2 Å². The van der Waals surface area contributed by atoms with Gasteiger partial charge in [0, 0.05) is 11.1 Å². The van der Waals surface area contributed by atoms with Gasteiger partial charge in [0.05, 0.1) is 27.4 Å². The molecule has 41 heavy (non-hydrogen) atoms. The largest absolute Gasteiger partial charge is 0.497 e. The highest BCUT2D eigenvalue weighted by molar-refractivity contribution is 5.50. The van der Waals surface area contributed by atoms with Crippen LogP contribution in [0.3, 0.4) is 0 Å². The number of aliphatic hydroxyl groups excluding tert-OH is 1. The first-order chi connectivity index (χ1) is 20.1. The molecule has 0 aliphatic carbocycles. The summed E-state index contributed by atoms with van der Waals surface area (Å²) >= 11 is 0. The summed E-state index contributed by atoms with van der Waals surface area (Å²) in [4.78, 5) is 0. The van der Waals surface area contributed by atoms with Crippen LogP contribution in [0, 0.1) is 11.8 Å². The third-order valence-corrected chi connectivity index (χ3v) is 7.07. The Morgan fingerprint density at radius 3 is 1.41 bits per heavy atom. The van der Waals surface area contributed by atoms with Gasteiger partial charge in [-0.05, 0) is 76.3 Å². The van der Waals surface area contributed by atoms with Gasteiger partial charge >= 0.3 is 0 Å². The SMILES string of the molecule is COc1ccc(C(OCc2ccc(C#Cc3ccc(CO)cc3)cc2)(c2ccccc2)c2ccc(OC)cc2)cc1. The molecule has 0 spiro atoms. The van der Waals surface area contributed by atoms with Crippen LogP contribution in [0.1, 0.15) is 38.9 Å². The van der Waals surface area contributed by atoms with Crippen molar-refractivity contribution in [2.45, 2.75) is 18.8 Å². The lowest BCUT2D eigenvalue weighted by Crippen LogP contribution is -2.32. The van der Waals surface area contributed by atoms with E-state index in [1.165, 1.54) is 0 Å². The van der Waals surface area contributed by atoms with Crippen molar-refractivity contribution in [3.63, 3.8) is 0 Å². The van der Waals surface area contributed by atoms with E-state index in [0.717, 1.165) is 50.4 Å². The number of benzene rings is 5. The molecular formula is C37H32O4. The normalized spacial score (nSPS) is 10.9. The second kappa shape index (κ2) is 13.0. The first kappa shape index (κ1) is 27.7. The number of hydrogen-bond acceptors (Lipinski definition) is 4. The molecule has 4 nitrogen and oxygen atoms in total. The average molecular weight is 541 g/mol. The van der Waals surface area contributed by atoms with Crippen LogP contribution < -0.4 is 9.47 Å². The van der Waals surface area contributed by atoms with Gasteiger partial charge in [0.25, 0.3) is 0 Å². The maximum Gasteiger partial charge on any atom is 0.144 e. The summed E-state index contributed by atoms with van der Waals surface area (Å²) in [5.41, 5.74) is 5.85. The van der Waals surface area contributed by atoms with Crippen molar-refractivity contribution in [1.82, 2.24) is 0 Å². The van der Waals surface area contributed by atoms with Crippen molar-refractivity contribution in [1.29, 1.82) is 0 Å². The molecule has 0 bridgehead atoms. The van der Waals surface area contributed by atoms with E-state index >= 15 is 0 Å². The number of aliphatic hydroxyl groups is 1. The van der Waals surface area contributed by atoms with E-state index in [1.807, 2.05) is 78.9 Å². The summed E-state index contributed by atoms with van der Waals surface area (Å²) in [6, 6.07) is 42.1. The summed E-state index contributed by atoms with van der Waals surface area (Å²) in [7, 11) is 3.33. The van der Waals surface area contributed by atoms with E-state index in [4.69, 9.17) is 14.2 Å². The van der Waals surface area contributed by atoms with Gasteiger partial charge < -0.3 is 19.3 Å². The van der Waals surface area contributed by atoms with Crippen LogP contribution in [-0.4, -0.2) is 19.3 Å². The minimum absolute atomic E-state index is 0.0275. The molecule has 0 aromatic heterocycles. The molecule has 5 aromatic carbocycles. The van der Waals surface area contributed by atoms with Gasteiger partial charge in [-0.25, -0.2) is 0 Å². The van der Waals surface area contributed by atoms with Crippen molar-refractivity contribution in [2.24, 2.45) is 0 Å². The molecule has 0 atom stereocenters. The molecule has 0 aliphatic rings. The van der Waals surface area contributed by atoms with Gasteiger partial charge in [-0.15, -0.1) is 0 Å². The Balaban J connectivity index is 1.48. The lowest BCUT2D eigenvalue weighted by atomic mass is 9.80. The third kappa shape index (κ3) is 6.34. The Morgan fingerprint density at radius 2 is 0.976 bits per heavy atom. The van der Waals surface area contributed by atoms with Gasteiger partial charge in [-0.3, -0.25) is 0 Å². The molecule has 0 unspecified atom stereocenters. The number of methoxy groups -OCH3 is 2. The van der Waals surface area contributed by atoms with Gasteiger partial charge in [0.2, 0.25) is 0 Å². The quantitative estimate of drug-likeness (QED) is 0.160. The van der Waals surface area contributed by atoms with Gasteiger partial charge in [-0.1, -0.05) is 90.7 Å². The standard InChI is InChI=1S/C37H32O4/c1-39-35-22-18-33(19-23-35)37(32-6-4-3-5-7-32,34-20-24-36(40-2)25-21-34)41-27-31-16-12-29(13-17-31)9-8-28-10-14-30(26-38)15-11-28/h3-7,10-25,38H,26-27H2,1-2H3. The van der Waals surface area contributed by atoms with E-state index in [0.29, 0.717) is 6.61 Å². The number of hydrogen-bond donors (Lipinski definition) is 1. The van der Waals surface area contributed by atoms with E-state index < -0.39 is 5.60 Å². The number of ether oxygens (including phenoxy) is 3. The van der Waals surface area contributed by atoms with Crippen LogP contribution in [-0.2, 0) is 23.6 Å². The van der Waals surface area contributed by atoms with Gasteiger partial charge in [-0.2, -0.15) is 0 Å². The third-order valence-electron chi connectivity index (χ3n) is 7.07. The molecule has 5 aromatic rings. The average Bonchev–Trinajstić information content (AvgIpc) is 3.06. The van der Waals surface area contributed by atoms with E-state index in [2.05, 4.69) is 60.4 Å². The Hall–Kier alpha value is -4.82. The van der Waals surface area contributed by atoms with Crippen molar-refractivity contribution >= 4 is 0 Å².